The van der Waals surface area contributed by atoms with Gasteiger partial charge in [-0.3, -0.25) is 0 Å². The number of ether oxygens (including phenoxy) is 1. The lowest BCUT2D eigenvalue weighted by Gasteiger charge is -2.17. The standard InChI is InChI=1S/C12H14F3NOS/c1-8-11(6-7-17-8)16-9-2-4-10(5-3-9)18-12(13,14)15/h2-5,8,11,16H,6-7H2,1H3. The molecule has 1 heterocycles. The Morgan fingerprint density at radius 1 is 1.28 bits per heavy atom. The van der Waals surface area contributed by atoms with E-state index >= 15 is 0 Å². The molecule has 1 aromatic rings. The molecule has 6 heteroatoms. The van der Waals surface area contributed by atoms with E-state index in [9.17, 15) is 13.2 Å². The van der Waals surface area contributed by atoms with Crippen molar-refractivity contribution in [1.29, 1.82) is 0 Å². The van der Waals surface area contributed by atoms with Gasteiger partial charge in [0.05, 0.1) is 12.1 Å². The van der Waals surface area contributed by atoms with Gasteiger partial charge in [0.15, 0.2) is 0 Å². The summed E-state index contributed by atoms with van der Waals surface area (Å²) >= 11 is -0.0997. The van der Waals surface area contributed by atoms with Gasteiger partial charge in [-0.15, -0.1) is 0 Å². The zero-order valence-electron chi connectivity index (χ0n) is 9.83. The third-order valence-electron chi connectivity index (χ3n) is 2.82. The maximum atomic E-state index is 12.2. The summed E-state index contributed by atoms with van der Waals surface area (Å²) in [4.78, 5) is 0.198. The minimum absolute atomic E-state index is 0.0997. The predicted molar refractivity (Wildman–Crippen MR) is 65.8 cm³/mol. The third-order valence-corrected chi connectivity index (χ3v) is 3.56. The average Bonchev–Trinajstić information content (AvgIpc) is 2.65. The fraction of sp³-hybridized carbons (Fsp3) is 0.500. The van der Waals surface area contributed by atoms with Crippen LogP contribution in [-0.2, 0) is 4.74 Å². The van der Waals surface area contributed by atoms with Crippen LogP contribution >= 0.6 is 11.8 Å². The molecule has 2 unspecified atom stereocenters. The Morgan fingerprint density at radius 2 is 1.94 bits per heavy atom. The number of alkyl halides is 3. The largest absolute Gasteiger partial charge is 0.446 e. The molecule has 1 saturated heterocycles. The van der Waals surface area contributed by atoms with Crippen molar-refractivity contribution in [3.05, 3.63) is 24.3 Å². The van der Waals surface area contributed by atoms with Gasteiger partial charge in [0, 0.05) is 17.2 Å². The van der Waals surface area contributed by atoms with Crippen LogP contribution in [0.5, 0.6) is 0 Å². The molecule has 1 aliphatic rings. The highest BCUT2D eigenvalue weighted by Crippen LogP contribution is 2.37. The van der Waals surface area contributed by atoms with E-state index < -0.39 is 5.51 Å². The van der Waals surface area contributed by atoms with Crippen molar-refractivity contribution >= 4 is 17.4 Å². The van der Waals surface area contributed by atoms with Crippen molar-refractivity contribution in [2.24, 2.45) is 0 Å². The predicted octanol–water partition coefficient (Wildman–Crippen LogP) is 3.89. The maximum Gasteiger partial charge on any atom is 0.446 e. The van der Waals surface area contributed by atoms with Crippen molar-refractivity contribution in [3.8, 4) is 0 Å². The Morgan fingerprint density at radius 3 is 2.44 bits per heavy atom. The summed E-state index contributed by atoms with van der Waals surface area (Å²) in [5.41, 5.74) is -3.41. The summed E-state index contributed by atoms with van der Waals surface area (Å²) in [6.45, 7) is 2.71. The fourth-order valence-electron chi connectivity index (χ4n) is 1.89. The average molecular weight is 277 g/mol. The van der Waals surface area contributed by atoms with Gasteiger partial charge in [-0.25, -0.2) is 0 Å². The summed E-state index contributed by atoms with van der Waals surface area (Å²) in [5.74, 6) is 0. The summed E-state index contributed by atoms with van der Waals surface area (Å²) in [5, 5.41) is 3.27. The van der Waals surface area contributed by atoms with Crippen molar-refractivity contribution in [1.82, 2.24) is 0 Å². The molecule has 2 atom stereocenters. The number of hydrogen-bond donors (Lipinski definition) is 1. The molecule has 0 radical (unpaired) electrons. The van der Waals surface area contributed by atoms with Crippen molar-refractivity contribution in [2.45, 2.75) is 35.9 Å². The minimum atomic E-state index is -4.23. The molecule has 1 aromatic carbocycles. The molecular weight excluding hydrogens is 263 g/mol. The van der Waals surface area contributed by atoms with Gasteiger partial charge in [-0.1, -0.05) is 0 Å². The summed E-state index contributed by atoms with van der Waals surface area (Å²) < 4.78 is 41.9. The smallest absolute Gasteiger partial charge is 0.380 e. The highest BCUT2D eigenvalue weighted by molar-refractivity contribution is 8.00. The van der Waals surface area contributed by atoms with Gasteiger partial charge in [0.1, 0.15) is 0 Å². The molecule has 0 saturated carbocycles. The molecule has 0 bridgehead atoms. The van der Waals surface area contributed by atoms with E-state index in [1.807, 2.05) is 6.92 Å². The lowest BCUT2D eigenvalue weighted by Crippen LogP contribution is -2.26. The highest BCUT2D eigenvalue weighted by Gasteiger charge is 2.29. The monoisotopic (exact) mass is 277 g/mol. The van der Waals surface area contributed by atoms with Crippen molar-refractivity contribution in [3.63, 3.8) is 0 Å². The van der Waals surface area contributed by atoms with Crippen LogP contribution in [0.3, 0.4) is 0 Å². The third kappa shape index (κ3) is 3.81. The molecule has 100 valence electrons. The van der Waals surface area contributed by atoms with E-state index in [4.69, 9.17) is 4.74 Å². The van der Waals surface area contributed by atoms with Crippen LogP contribution in [-0.4, -0.2) is 24.3 Å². The lowest BCUT2D eigenvalue weighted by molar-refractivity contribution is -0.0328. The number of thioether (sulfide) groups is 1. The van der Waals surface area contributed by atoms with E-state index in [1.165, 1.54) is 12.1 Å². The molecule has 2 rings (SSSR count). The first-order valence-corrected chi connectivity index (χ1v) is 6.50. The second kappa shape index (κ2) is 5.40. The van der Waals surface area contributed by atoms with Crippen molar-refractivity contribution < 1.29 is 17.9 Å². The van der Waals surface area contributed by atoms with Crippen LogP contribution in [0.4, 0.5) is 18.9 Å². The van der Waals surface area contributed by atoms with E-state index in [0.29, 0.717) is 0 Å². The molecule has 1 fully saturated rings. The molecule has 0 aliphatic carbocycles. The number of benzene rings is 1. The highest BCUT2D eigenvalue weighted by atomic mass is 32.2. The summed E-state index contributed by atoms with van der Waals surface area (Å²) in [6.07, 6.45) is 1.05. The second-order valence-electron chi connectivity index (χ2n) is 4.19. The topological polar surface area (TPSA) is 21.3 Å². The van der Waals surface area contributed by atoms with Gasteiger partial charge >= 0.3 is 5.51 Å². The zero-order chi connectivity index (χ0) is 13.2. The fourth-order valence-corrected chi connectivity index (χ4v) is 2.43. The first-order chi connectivity index (χ1) is 8.44. The Balaban J connectivity index is 1.95. The number of nitrogens with one attached hydrogen (secondary N) is 1. The van der Waals surface area contributed by atoms with Crippen LogP contribution in [0.25, 0.3) is 0 Å². The Kier molecular flexibility index (Phi) is 4.07. The van der Waals surface area contributed by atoms with E-state index in [2.05, 4.69) is 5.32 Å². The first kappa shape index (κ1) is 13.5. The normalized spacial score (nSPS) is 24.2. The van der Waals surface area contributed by atoms with Gasteiger partial charge < -0.3 is 10.1 Å². The van der Waals surface area contributed by atoms with Gasteiger partial charge in [-0.05, 0) is 49.4 Å². The lowest BCUT2D eigenvalue weighted by atomic mass is 10.1. The van der Waals surface area contributed by atoms with Crippen LogP contribution in [0.15, 0.2) is 29.2 Å². The van der Waals surface area contributed by atoms with Crippen molar-refractivity contribution in [2.75, 3.05) is 11.9 Å². The summed E-state index contributed by atoms with van der Waals surface area (Å²) in [7, 11) is 0. The molecular formula is C12H14F3NOS. The maximum absolute atomic E-state index is 12.2. The molecule has 0 amide bonds. The molecule has 1 N–H and O–H groups in total. The van der Waals surface area contributed by atoms with E-state index in [-0.39, 0.29) is 28.8 Å². The first-order valence-electron chi connectivity index (χ1n) is 5.68. The van der Waals surface area contributed by atoms with Gasteiger partial charge in [0.2, 0.25) is 0 Å². The number of halogens is 3. The molecule has 0 spiro atoms. The Labute approximate surface area is 108 Å². The molecule has 2 nitrogen and oxygen atoms in total. The number of hydrogen-bond acceptors (Lipinski definition) is 3. The Bertz CT molecular complexity index is 393. The number of anilines is 1. The van der Waals surface area contributed by atoms with Gasteiger partial charge in [0.25, 0.3) is 0 Å². The molecule has 0 aromatic heterocycles. The van der Waals surface area contributed by atoms with E-state index in [1.54, 1.807) is 12.1 Å². The van der Waals surface area contributed by atoms with Crippen LogP contribution in [0.2, 0.25) is 0 Å². The van der Waals surface area contributed by atoms with E-state index in [0.717, 1.165) is 18.7 Å². The number of rotatable bonds is 3. The Hall–Kier alpha value is -0.880. The molecule has 1 aliphatic heterocycles. The van der Waals surface area contributed by atoms with Gasteiger partial charge in [-0.2, -0.15) is 13.2 Å². The second-order valence-corrected chi connectivity index (χ2v) is 5.33. The van der Waals surface area contributed by atoms with Crippen LogP contribution in [0, 0.1) is 0 Å². The SMILES string of the molecule is CC1OCCC1Nc1ccc(SC(F)(F)F)cc1. The van der Waals surface area contributed by atoms with Crippen LogP contribution < -0.4 is 5.32 Å². The van der Waals surface area contributed by atoms with Crippen LogP contribution in [0.1, 0.15) is 13.3 Å². The minimum Gasteiger partial charge on any atom is -0.380 e. The zero-order valence-corrected chi connectivity index (χ0v) is 10.6. The summed E-state index contributed by atoms with van der Waals surface area (Å²) in [6, 6.07) is 6.51. The molecule has 18 heavy (non-hydrogen) atoms. The quantitative estimate of drug-likeness (QED) is 0.847.